The maximum atomic E-state index is 12.3. The third-order valence-electron chi connectivity index (χ3n) is 3.22. The number of halogens is 1. The number of rotatable bonds is 6. The van der Waals surface area contributed by atoms with Crippen molar-refractivity contribution in [2.45, 2.75) is 12.5 Å². The Hall–Kier alpha value is -1.73. The van der Waals surface area contributed by atoms with E-state index >= 15 is 0 Å². The number of anilines is 1. The molecule has 1 aromatic heterocycles. The molecule has 110 valence electrons. The van der Waals surface area contributed by atoms with Gasteiger partial charge in [0.25, 0.3) is 0 Å². The summed E-state index contributed by atoms with van der Waals surface area (Å²) in [4.78, 5) is 10.6. The molecule has 0 spiro atoms. The summed E-state index contributed by atoms with van der Waals surface area (Å²) in [5, 5.41) is 0. The highest BCUT2D eigenvalue weighted by Crippen LogP contribution is 2.19. The minimum atomic E-state index is 0.102. The molecule has 1 aromatic rings. The van der Waals surface area contributed by atoms with Crippen LogP contribution in [0.1, 0.15) is 6.42 Å². The summed E-state index contributed by atoms with van der Waals surface area (Å²) in [7, 11) is 1.71. The van der Waals surface area contributed by atoms with Crippen molar-refractivity contribution < 1.29 is 13.9 Å². The minimum absolute atomic E-state index is 0.102. The van der Waals surface area contributed by atoms with E-state index in [4.69, 9.17) is 15.2 Å². The van der Waals surface area contributed by atoms with Crippen LogP contribution in [-0.2, 0) is 4.74 Å². The molecule has 2 N–H and O–H groups in total. The van der Waals surface area contributed by atoms with Gasteiger partial charge in [-0.25, -0.2) is 14.4 Å². The lowest BCUT2D eigenvalue weighted by atomic mass is 10.3. The fourth-order valence-electron chi connectivity index (χ4n) is 1.96. The van der Waals surface area contributed by atoms with Crippen LogP contribution in [-0.4, -0.2) is 49.4 Å². The number of aromatic nitrogens is 2. The molecule has 0 amide bonds. The monoisotopic (exact) mass is 282 g/mol. The van der Waals surface area contributed by atoms with E-state index in [1.54, 1.807) is 19.5 Å². The van der Waals surface area contributed by atoms with Crippen molar-refractivity contribution in [1.82, 2.24) is 9.97 Å². The molecule has 1 fully saturated rings. The molecule has 2 heterocycles. The van der Waals surface area contributed by atoms with Crippen molar-refractivity contribution in [2.24, 2.45) is 5.73 Å². The predicted molar refractivity (Wildman–Crippen MR) is 73.4 cm³/mol. The Morgan fingerprint density at radius 2 is 2.30 bits per heavy atom. The van der Waals surface area contributed by atoms with Crippen LogP contribution in [0.15, 0.2) is 24.3 Å². The van der Waals surface area contributed by atoms with Crippen LogP contribution in [0.2, 0.25) is 0 Å². The van der Waals surface area contributed by atoms with Gasteiger partial charge in [-0.15, -0.1) is 0 Å². The summed E-state index contributed by atoms with van der Waals surface area (Å²) >= 11 is 0. The molecule has 1 atom stereocenters. The topological polar surface area (TPSA) is 73.5 Å². The molecular weight excluding hydrogens is 263 g/mol. The van der Waals surface area contributed by atoms with Crippen LogP contribution in [0.25, 0.3) is 0 Å². The van der Waals surface area contributed by atoms with Gasteiger partial charge in [-0.05, 0) is 6.42 Å². The first kappa shape index (κ1) is 14.7. The number of methoxy groups -OCH3 is 1. The summed E-state index contributed by atoms with van der Waals surface area (Å²) in [5.41, 5.74) is 5.73. The van der Waals surface area contributed by atoms with Gasteiger partial charge in [0.05, 0.1) is 24.8 Å². The molecule has 0 saturated carbocycles. The Labute approximate surface area is 117 Å². The Bertz CT molecular complexity index is 452. The van der Waals surface area contributed by atoms with Crippen molar-refractivity contribution in [2.75, 3.05) is 38.3 Å². The first-order valence-corrected chi connectivity index (χ1v) is 6.47. The van der Waals surface area contributed by atoms with Gasteiger partial charge in [0.1, 0.15) is 6.61 Å². The molecule has 1 aliphatic rings. The van der Waals surface area contributed by atoms with E-state index < -0.39 is 0 Å². The maximum Gasteiger partial charge on any atom is 0.225 e. The normalized spacial score (nSPS) is 19.4. The lowest BCUT2D eigenvalue weighted by molar-refractivity contribution is 0.121. The zero-order valence-electron chi connectivity index (χ0n) is 11.5. The molecule has 2 rings (SSSR count). The second kappa shape index (κ2) is 7.16. The molecule has 0 aliphatic carbocycles. The van der Waals surface area contributed by atoms with Crippen LogP contribution < -0.4 is 15.4 Å². The van der Waals surface area contributed by atoms with Crippen molar-refractivity contribution >= 4 is 5.95 Å². The van der Waals surface area contributed by atoms with E-state index in [0.29, 0.717) is 23.6 Å². The SMILES string of the molecule is COC1CCN(c2ncc(OC/C(=C/F)CN)cn2)C1. The van der Waals surface area contributed by atoms with Crippen molar-refractivity contribution in [3.63, 3.8) is 0 Å². The summed E-state index contributed by atoms with van der Waals surface area (Å²) in [6.07, 6.45) is 4.82. The van der Waals surface area contributed by atoms with Gasteiger partial charge in [0, 0.05) is 32.3 Å². The molecule has 1 aliphatic heterocycles. The maximum absolute atomic E-state index is 12.3. The second-order valence-corrected chi connectivity index (χ2v) is 4.57. The standard InChI is InChI=1S/C13H19FN4O2/c1-19-11-2-3-18(8-11)13-16-6-12(7-17-13)20-9-10(4-14)5-15/h4,6-7,11H,2-3,5,8-9,15H2,1H3/b10-4+. The van der Waals surface area contributed by atoms with E-state index in [2.05, 4.69) is 14.9 Å². The van der Waals surface area contributed by atoms with Crippen LogP contribution in [0.3, 0.4) is 0 Å². The average Bonchev–Trinajstić information content (AvgIpc) is 2.98. The van der Waals surface area contributed by atoms with Gasteiger partial charge in [-0.3, -0.25) is 0 Å². The van der Waals surface area contributed by atoms with Crippen LogP contribution in [0.4, 0.5) is 10.3 Å². The van der Waals surface area contributed by atoms with Gasteiger partial charge in [0.15, 0.2) is 5.75 Å². The molecule has 0 aromatic carbocycles. The summed E-state index contributed by atoms with van der Waals surface area (Å²) in [5.74, 6) is 1.14. The van der Waals surface area contributed by atoms with Crippen molar-refractivity contribution in [3.05, 3.63) is 24.3 Å². The quantitative estimate of drug-likeness (QED) is 0.835. The van der Waals surface area contributed by atoms with Gasteiger partial charge < -0.3 is 20.1 Å². The second-order valence-electron chi connectivity index (χ2n) is 4.57. The Morgan fingerprint density at radius 1 is 1.55 bits per heavy atom. The highest BCUT2D eigenvalue weighted by atomic mass is 19.1. The third-order valence-corrected chi connectivity index (χ3v) is 3.22. The fraction of sp³-hybridized carbons (Fsp3) is 0.538. The van der Waals surface area contributed by atoms with E-state index in [-0.39, 0.29) is 19.3 Å². The van der Waals surface area contributed by atoms with E-state index in [9.17, 15) is 4.39 Å². The van der Waals surface area contributed by atoms with E-state index in [1.807, 2.05) is 0 Å². The largest absolute Gasteiger partial charge is 0.486 e. The zero-order valence-corrected chi connectivity index (χ0v) is 11.5. The summed E-state index contributed by atoms with van der Waals surface area (Å²) in [6.45, 7) is 1.89. The molecule has 20 heavy (non-hydrogen) atoms. The first-order valence-electron chi connectivity index (χ1n) is 6.47. The first-order chi connectivity index (χ1) is 9.76. The molecule has 0 bridgehead atoms. The third kappa shape index (κ3) is 3.64. The zero-order chi connectivity index (χ0) is 14.4. The lowest BCUT2D eigenvalue weighted by Gasteiger charge is -2.16. The van der Waals surface area contributed by atoms with Gasteiger partial charge in [-0.1, -0.05) is 0 Å². The van der Waals surface area contributed by atoms with Gasteiger partial charge in [0.2, 0.25) is 5.95 Å². The number of hydrogen-bond acceptors (Lipinski definition) is 6. The fourth-order valence-corrected chi connectivity index (χ4v) is 1.96. The predicted octanol–water partition coefficient (Wildman–Crippen LogP) is 0.893. The Kier molecular flexibility index (Phi) is 5.25. The van der Waals surface area contributed by atoms with E-state index in [0.717, 1.165) is 19.5 Å². The highest BCUT2D eigenvalue weighted by Gasteiger charge is 2.23. The minimum Gasteiger partial charge on any atom is -0.486 e. The lowest BCUT2D eigenvalue weighted by Crippen LogP contribution is -2.24. The van der Waals surface area contributed by atoms with Gasteiger partial charge >= 0.3 is 0 Å². The number of hydrogen-bond donors (Lipinski definition) is 1. The Morgan fingerprint density at radius 3 is 2.85 bits per heavy atom. The molecule has 7 heteroatoms. The van der Waals surface area contributed by atoms with Crippen molar-refractivity contribution in [1.29, 1.82) is 0 Å². The smallest absolute Gasteiger partial charge is 0.225 e. The number of nitrogens with zero attached hydrogens (tertiary/aromatic N) is 3. The molecule has 6 nitrogen and oxygen atoms in total. The number of nitrogens with two attached hydrogens (primary N) is 1. The van der Waals surface area contributed by atoms with Crippen LogP contribution >= 0.6 is 0 Å². The van der Waals surface area contributed by atoms with E-state index in [1.165, 1.54) is 0 Å². The molecule has 1 unspecified atom stereocenters. The summed E-state index contributed by atoms with van der Waals surface area (Å²) < 4.78 is 23.0. The highest BCUT2D eigenvalue weighted by molar-refractivity contribution is 5.33. The number of ether oxygens (including phenoxy) is 2. The molecular formula is C13H19FN4O2. The van der Waals surface area contributed by atoms with Crippen LogP contribution in [0, 0.1) is 0 Å². The van der Waals surface area contributed by atoms with Crippen molar-refractivity contribution in [3.8, 4) is 5.75 Å². The summed E-state index contributed by atoms with van der Waals surface area (Å²) in [6, 6.07) is 0. The Balaban J connectivity index is 1.90. The molecule has 1 saturated heterocycles. The average molecular weight is 282 g/mol. The van der Waals surface area contributed by atoms with Gasteiger partial charge in [-0.2, -0.15) is 0 Å². The van der Waals surface area contributed by atoms with Crippen LogP contribution in [0.5, 0.6) is 5.75 Å². The molecule has 0 radical (unpaired) electrons.